The first-order chi connectivity index (χ1) is 13.2. The number of ether oxygens (including phenoxy) is 3. The summed E-state index contributed by atoms with van der Waals surface area (Å²) in [6.45, 7) is 4.12. The molecular weight excluding hydrogens is 342 g/mol. The van der Waals surface area contributed by atoms with Crippen LogP contribution in [0.3, 0.4) is 0 Å². The number of nitrogens with zero attached hydrogens (tertiary/aromatic N) is 1. The largest absolute Gasteiger partial charge is 0.493 e. The van der Waals surface area contributed by atoms with Crippen LogP contribution in [0.5, 0.6) is 17.2 Å². The summed E-state index contributed by atoms with van der Waals surface area (Å²) in [5.41, 5.74) is 3.49. The molecule has 0 bridgehead atoms. The van der Waals surface area contributed by atoms with E-state index in [0.717, 1.165) is 43.2 Å². The molecule has 0 amide bonds. The number of hydrogen-bond donors (Lipinski definition) is 2. The predicted octanol–water partition coefficient (Wildman–Crippen LogP) is 3.26. The van der Waals surface area contributed by atoms with Crippen LogP contribution in [0.1, 0.15) is 18.1 Å². The summed E-state index contributed by atoms with van der Waals surface area (Å²) in [6, 6.07) is 12.2. The average molecular weight is 369 g/mol. The third kappa shape index (κ3) is 4.84. The lowest BCUT2D eigenvalue weighted by Gasteiger charge is -2.14. The van der Waals surface area contributed by atoms with Crippen LogP contribution < -0.4 is 24.8 Å². The first kappa shape index (κ1) is 18.9. The van der Waals surface area contributed by atoms with E-state index >= 15 is 0 Å². The van der Waals surface area contributed by atoms with Crippen LogP contribution in [0.15, 0.2) is 41.4 Å². The van der Waals surface area contributed by atoms with E-state index in [-0.39, 0.29) is 0 Å². The molecule has 0 aromatic heterocycles. The van der Waals surface area contributed by atoms with Gasteiger partial charge in [-0.25, -0.2) is 0 Å². The van der Waals surface area contributed by atoms with Crippen molar-refractivity contribution in [3.05, 3.63) is 47.5 Å². The second kappa shape index (κ2) is 9.16. The zero-order valence-electron chi connectivity index (χ0n) is 16.2. The Balaban J connectivity index is 1.55. The molecule has 3 rings (SSSR count). The molecule has 2 aromatic carbocycles. The van der Waals surface area contributed by atoms with Crippen molar-refractivity contribution in [2.24, 2.45) is 4.99 Å². The number of rotatable bonds is 7. The summed E-state index contributed by atoms with van der Waals surface area (Å²) in [7, 11) is 3.39. The zero-order valence-corrected chi connectivity index (χ0v) is 16.2. The van der Waals surface area contributed by atoms with Gasteiger partial charge in [0.15, 0.2) is 17.5 Å². The molecule has 1 heterocycles. The van der Waals surface area contributed by atoms with Gasteiger partial charge in [-0.15, -0.1) is 0 Å². The van der Waals surface area contributed by atoms with Gasteiger partial charge in [-0.3, -0.25) is 4.99 Å². The Hall–Kier alpha value is -2.89. The summed E-state index contributed by atoms with van der Waals surface area (Å²) < 4.78 is 16.5. The van der Waals surface area contributed by atoms with Gasteiger partial charge in [0.25, 0.3) is 0 Å². The van der Waals surface area contributed by atoms with Crippen molar-refractivity contribution in [3.8, 4) is 17.2 Å². The van der Waals surface area contributed by atoms with Crippen LogP contribution in [0.25, 0.3) is 0 Å². The van der Waals surface area contributed by atoms with E-state index < -0.39 is 0 Å². The van der Waals surface area contributed by atoms with Gasteiger partial charge in [0, 0.05) is 31.8 Å². The summed E-state index contributed by atoms with van der Waals surface area (Å²) in [5.74, 6) is 3.16. The molecule has 144 valence electrons. The molecule has 6 heteroatoms. The molecule has 2 N–H and O–H groups in total. The number of hydrogen-bond acceptors (Lipinski definition) is 4. The van der Waals surface area contributed by atoms with Crippen LogP contribution in [0.2, 0.25) is 0 Å². The topological polar surface area (TPSA) is 64.1 Å². The SMILES string of the molecule is CCOc1ccc(NC(=NC)NCCc2ccc3c(c2)CCO3)cc1OC. The maximum absolute atomic E-state index is 5.56. The summed E-state index contributed by atoms with van der Waals surface area (Å²) in [6.07, 6.45) is 1.92. The van der Waals surface area contributed by atoms with Crippen LogP contribution >= 0.6 is 0 Å². The molecule has 0 atom stereocenters. The Morgan fingerprint density at radius 3 is 2.85 bits per heavy atom. The third-order valence-corrected chi connectivity index (χ3v) is 4.41. The van der Waals surface area contributed by atoms with E-state index in [9.17, 15) is 0 Å². The highest BCUT2D eigenvalue weighted by Crippen LogP contribution is 2.30. The number of guanidine groups is 1. The molecule has 0 saturated carbocycles. The van der Waals surface area contributed by atoms with Crippen LogP contribution in [0, 0.1) is 0 Å². The van der Waals surface area contributed by atoms with Crippen molar-refractivity contribution in [3.63, 3.8) is 0 Å². The maximum Gasteiger partial charge on any atom is 0.195 e. The van der Waals surface area contributed by atoms with E-state index in [1.165, 1.54) is 11.1 Å². The van der Waals surface area contributed by atoms with Crippen molar-refractivity contribution < 1.29 is 14.2 Å². The maximum atomic E-state index is 5.56. The van der Waals surface area contributed by atoms with Crippen molar-refractivity contribution in [2.75, 3.05) is 39.2 Å². The fraction of sp³-hybridized carbons (Fsp3) is 0.381. The lowest BCUT2D eigenvalue weighted by Crippen LogP contribution is -2.32. The summed E-state index contributed by atoms with van der Waals surface area (Å²) in [4.78, 5) is 4.29. The number of methoxy groups -OCH3 is 1. The molecule has 0 saturated heterocycles. The molecule has 0 fully saturated rings. The van der Waals surface area contributed by atoms with Gasteiger partial charge in [-0.2, -0.15) is 0 Å². The highest BCUT2D eigenvalue weighted by Gasteiger charge is 2.12. The van der Waals surface area contributed by atoms with Gasteiger partial charge in [-0.05, 0) is 42.7 Å². The number of aliphatic imine (C=N–C) groups is 1. The first-order valence-electron chi connectivity index (χ1n) is 9.26. The molecule has 0 spiro atoms. The second-order valence-electron chi connectivity index (χ2n) is 6.21. The number of nitrogens with one attached hydrogen (secondary N) is 2. The van der Waals surface area contributed by atoms with Crippen molar-refractivity contribution in [2.45, 2.75) is 19.8 Å². The van der Waals surface area contributed by atoms with Crippen molar-refractivity contribution in [1.29, 1.82) is 0 Å². The van der Waals surface area contributed by atoms with Gasteiger partial charge in [0.1, 0.15) is 5.75 Å². The van der Waals surface area contributed by atoms with Crippen molar-refractivity contribution in [1.82, 2.24) is 5.32 Å². The first-order valence-corrected chi connectivity index (χ1v) is 9.26. The number of fused-ring (bicyclic) bond motifs is 1. The van der Waals surface area contributed by atoms with E-state index in [1.807, 2.05) is 25.1 Å². The number of anilines is 1. The Morgan fingerprint density at radius 1 is 1.19 bits per heavy atom. The second-order valence-corrected chi connectivity index (χ2v) is 6.21. The van der Waals surface area contributed by atoms with Gasteiger partial charge >= 0.3 is 0 Å². The molecule has 1 aliphatic rings. The Morgan fingerprint density at radius 2 is 2.07 bits per heavy atom. The number of benzene rings is 2. The molecule has 0 aliphatic carbocycles. The summed E-state index contributed by atoms with van der Waals surface area (Å²) >= 11 is 0. The van der Waals surface area contributed by atoms with Crippen LogP contribution in [-0.2, 0) is 12.8 Å². The Kier molecular flexibility index (Phi) is 6.41. The minimum Gasteiger partial charge on any atom is -0.493 e. The smallest absolute Gasteiger partial charge is 0.195 e. The van der Waals surface area contributed by atoms with Gasteiger partial charge in [0.2, 0.25) is 0 Å². The average Bonchev–Trinajstić information content (AvgIpc) is 3.16. The molecule has 6 nitrogen and oxygen atoms in total. The lowest BCUT2D eigenvalue weighted by atomic mass is 10.1. The highest BCUT2D eigenvalue weighted by atomic mass is 16.5. The molecule has 2 aromatic rings. The molecule has 0 unspecified atom stereocenters. The normalized spacial score (nSPS) is 12.9. The van der Waals surface area contributed by atoms with Crippen molar-refractivity contribution >= 4 is 11.6 Å². The summed E-state index contributed by atoms with van der Waals surface area (Å²) in [5, 5.41) is 6.63. The molecular formula is C21H27N3O3. The predicted molar refractivity (Wildman–Crippen MR) is 108 cm³/mol. The van der Waals surface area contributed by atoms with Gasteiger partial charge in [0.05, 0.1) is 20.3 Å². The third-order valence-electron chi connectivity index (χ3n) is 4.41. The fourth-order valence-corrected chi connectivity index (χ4v) is 3.06. The van der Waals surface area contributed by atoms with Gasteiger partial charge < -0.3 is 24.8 Å². The Labute approximate surface area is 160 Å². The standard InChI is InChI=1S/C21H27N3O3/c1-4-26-19-8-6-17(14-20(19)25-3)24-21(22-2)23-11-9-15-5-7-18-16(13-15)10-12-27-18/h5-8,13-14H,4,9-12H2,1-3H3,(H2,22,23,24). The van der Waals surface area contributed by atoms with E-state index in [1.54, 1.807) is 14.2 Å². The van der Waals surface area contributed by atoms with Gasteiger partial charge in [-0.1, -0.05) is 12.1 Å². The monoisotopic (exact) mass is 369 g/mol. The minimum absolute atomic E-state index is 0.598. The zero-order chi connectivity index (χ0) is 19.1. The van der Waals surface area contributed by atoms with E-state index in [0.29, 0.717) is 18.3 Å². The van der Waals surface area contributed by atoms with E-state index in [4.69, 9.17) is 14.2 Å². The van der Waals surface area contributed by atoms with Crippen LogP contribution in [-0.4, -0.2) is 39.9 Å². The fourth-order valence-electron chi connectivity index (χ4n) is 3.06. The van der Waals surface area contributed by atoms with Crippen LogP contribution in [0.4, 0.5) is 5.69 Å². The van der Waals surface area contributed by atoms with E-state index in [2.05, 4.69) is 33.8 Å². The molecule has 27 heavy (non-hydrogen) atoms. The molecule has 0 radical (unpaired) electrons. The highest BCUT2D eigenvalue weighted by molar-refractivity contribution is 5.93. The minimum atomic E-state index is 0.598. The molecule has 1 aliphatic heterocycles. The quantitative estimate of drug-likeness (QED) is 0.579. The Bertz CT molecular complexity index is 805. The lowest BCUT2D eigenvalue weighted by molar-refractivity contribution is 0.311.